The molecule has 0 amide bonds. The number of anilines is 1. The maximum absolute atomic E-state index is 10.9. The quantitative estimate of drug-likeness (QED) is 0.815. The van der Waals surface area contributed by atoms with Crippen LogP contribution in [0.3, 0.4) is 0 Å². The SMILES string of the molecule is CC(C)(C)c1cc(N2N=C3C=CC=CC3N2)c(O)c(C(C)(C)C)c1. The minimum atomic E-state index is -0.153. The molecular weight excluding hydrogens is 298 g/mol. The van der Waals surface area contributed by atoms with Crippen LogP contribution >= 0.6 is 0 Å². The first-order valence-corrected chi connectivity index (χ1v) is 8.45. The molecule has 0 spiro atoms. The van der Waals surface area contributed by atoms with Crippen molar-refractivity contribution in [2.45, 2.75) is 58.4 Å². The zero-order chi connectivity index (χ0) is 17.7. The zero-order valence-corrected chi connectivity index (χ0v) is 15.4. The van der Waals surface area contributed by atoms with Crippen molar-refractivity contribution in [2.75, 3.05) is 5.12 Å². The lowest BCUT2D eigenvalue weighted by atomic mass is 9.79. The lowest BCUT2D eigenvalue weighted by molar-refractivity contribution is 0.442. The summed E-state index contributed by atoms with van der Waals surface area (Å²) < 4.78 is 0. The fourth-order valence-electron chi connectivity index (χ4n) is 2.92. The second kappa shape index (κ2) is 5.49. The Labute approximate surface area is 144 Å². The summed E-state index contributed by atoms with van der Waals surface area (Å²) in [6.07, 6.45) is 8.04. The molecule has 1 atom stereocenters. The first kappa shape index (κ1) is 16.8. The molecule has 4 nitrogen and oxygen atoms in total. The highest BCUT2D eigenvalue weighted by Crippen LogP contribution is 2.42. The van der Waals surface area contributed by atoms with Crippen LogP contribution in [0.15, 0.2) is 41.5 Å². The third kappa shape index (κ3) is 2.98. The number of nitrogens with one attached hydrogen (secondary N) is 1. The Morgan fingerprint density at radius 3 is 2.33 bits per heavy atom. The van der Waals surface area contributed by atoms with E-state index in [-0.39, 0.29) is 16.9 Å². The molecule has 1 aromatic carbocycles. The highest BCUT2D eigenvalue weighted by molar-refractivity contribution is 6.03. The summed E-state index contributed by atoms with van der Waals surface area (Å²) in [6, 6.07) is 4.21. The highest BCUT2D eigenvalue weighted by Gasteiger charge is 2.30. The van der Waals surface area contributed by atoms with Crippen LogP contribution in [0, 0.1) is 0 Å². The number of allylic oxidation sites excluding steroid dienone is 2. The van der Waals surface area contributed by atoms with Gasteiger partial charge in [-0.2, -0.15) is 15.6 Å². The largest absolute Gasteiger partial charge is 0.505 e. The third-order valence-corrected chi connectivity index (χ3v) is 4.47. The van der Waals surface area contributed by atoms with Gasteiger partial charge in [-0.05, 0) is 28.5 Å². The zero-order valence-electron chi connectivity index (χ0n) is 15.4. The first-order chi connectivity index (χ1) is 11.1. The average molecular weight is 325 g/mol. The van der Waals surface area contributed by atoms with E-state index in [1.807, 2.05) is 24.3 Å². The molecule has 0 aromatic heterocycles. The number of benzene rings is 1. The molecule has 1 heterocycles. The van der Waals surface area contributed by atoms with Gasteiger partial charge in [-0.1, -0.05) is 65.8 Å². The van der Waals surface area contributed by atoms with Crippen molar-refractivity contribution in [3.05, 3.63) is 47.6 Å². The molecule has 2 N–H and O–H groups in total. The van der Waals surface area contributed by atoms with Crippen molar-refractivity contribution in [1.29, 1.82) is 0 Å². The number of hydrogen-bond acceptors (Lipinski definition) is 4. The summed E-state index contributed by atoms with van der Waals surface area (Å²) in [6.45, 7) is 12.9. The first-order valence-electron chi connectivity index (χ1n) is 8.45. The number of nitrogens with zero attached hydrogens (tertiary/aromatic N) is 2. The number of hydrazone groups is 1. The molecule has 0 saturated carbocycles. The molecule has 1 aliphatic carbocycles. The van der Waals surface area contributed by atoms with Crippen LogP contribution in [-0.2, 0) is 10.8 Å². The van der Waals surface area contributed by atoms with Crippen molar-refractivity contribution in [2.24, 2.45) is 5.10 Å². The second-order valence-electron chi connectivity index (χ2n) is 8.58. The second-order valence-corrected chi connectivity index (χ2v) is 8.58. The average Bonchev–Trinajstić information content (AvgIpc) is 2.88. The lowest BCUT2D eigenvalue weighted by Crippen LogP contribution is -2.37. The van der Waals surface area contributed by atoms with Gasteiger partial charge < -0.3 is 5.11 Å². The summed E-state index contributed by atoms with van der Waals surface area (Å²) in [5.74, 6) is 0.291. The van der Waals surface area contributed by atoms with Crippen molar-refractivity contribution in [3.8, 4) is 5.75 Å². The van der Waals surface area contributed by atoms with E-state index >= 15 is 0 Å². The Morgan fingerprint density at radius 2 is 1.75 bits per heavy atom. The summed E-state index contributed by atoms with van der Waals surface area (Å²) in [5, 5.41) is 17.3. The van der Waals surface area contributed by atoms with E-state index in [2.05, 4.69) is 64.2 Å². The van der Waals surface area contributed by atoms with Crippen molar-refractivity contribution >= 4 is 11.4 Å². The Bertz CT molecular complexity index is 745. The molecule has 1 unspecified atom stereocenters. The molecule has 24 heavy (non-hydrogen) atoms. The number of hydrogen-bond donors (Lipinski definition) is 2. The fourth-order valence-corrected chi connectivity index (χ4v) is 2.92. The Hall–Kier alpha value is -2.07. The summed E-state index contributed by atoms with van der Waals surface area (Å²) >= 11 is 0. The highest BCUT2D eigenvalue weighted by atomic mass is 16.3. The predicted octanol–water partition coefficient (Wildman–Crippen LogP) is 4.16. The predicted molar refractivity (Wildman–Crippen MR) is 101 cm³/mol. The van der Waals surface area contributed by atoms with Crippen LogP contribution < -0.4 is 10.5 Å². The van der Waals surface area contributed by atoms with Gasteiger partial charge in [-0.15, -0.1) is 0 Å². The van der Waals surface area contributed by atoms with Crippen LogP contribution in [0.5, 0.6) is 5.75 Å². The van der Waals surface area contributed by atoms with E-state index in [1.54, 1.807) is 5.12 Å². The van der Waals surface area contributed by atoms with Crippen LogP contribution in [0.2, 0.25) is 0 Å². The van der Waals surface area contributed by atoms with Gasteiger partial charge in [0.1, 0.15) is 11.4 Å². The molecule has 1 aliphatic heterocycles. The minimum Gasteiger partial charge on any atom is -0.505 e. The molecule has 3 rings (SSSR count). The van der Waals surface area contributed by atoms with E-state index in [1.165, 1.54) is 5.56 Å². The molecule has 0 bridgehead atoms. The van der Waals surface area contributed by atoms with Gasteiger partial charge in [-0.3, -0.25) is 0 Å². The maximum Gasteiger partial charge on any atom is 0.146 e. The van der Waals surface area contributed by atoms with Crippen molar-refractivity contribution in [3.63, 3.8) is 0 Å². The molecule has 0 fully saturated rings. The monoisotopic (exact) mass is 325 g/mol. The number of fused-ring (bicyclic) bond motifs is 1. The van der Waals surface area contributed by atoms with Crippen LogP contribution in [0.1, 0.15) is 52.7 Å². The third-order valence-electron chi connectivity index (χ3n) is 4.47. The molecule has 2 aliphatic rings. The van der Waals surface area contributed by atoms with Crippen LogP contribution in [-0.4, -0.2) is 16.9 Å². The van der Waals surface area contributed by atoms with Crippen LogP contribution in [0.25, 0.3) is 0 Å². The summed E-state index contributed by atoms with van der Waals surface area (Å²) in [4.78, 5) is 0. The number of phenols is 1. The number of rotatable bonds is 1. The van der Waals surface area contributed by atoms with Crippen LogP contribution in [0.4, 0.5) is 5.69 Å². The van der Waals surface area contributed by atoms with E-state index in [4.69, 9.17) is 0 Å². The van der Waals surface area contributed by atoms with E-state index in [0.29, 0.717) is 11.4 Å². The van der Waals surface area contributed by atoms with E-state index in [0.717, 1.165) is 11.3 Å². The molecule has 0 saturated heterocycles. The van der Waals surface area contributed by atoms with Gasteiger partial charge in [0.15, 0.2) is 0 Å². The summed E-state index contributed by atoms with van der Waals surface area (Å²) in [5.41, 5.74) is 6.95. The lowest BCUT2D eigenvalue weighted by Gasteiger charge is -2.29. The Morgan fingerprint density at radius 1 is 1.04 bits per heavy atom. The number of phenolic OH excluding ortho intramolecular Hbond substituents is 1. The molecule has 128 valence electrons. The van der Waals surface area contributed by atoms with Gasteiger partial charge in [-0.25, -0.2) is 0 Å². The van der Waals surface area contributed by atoms with Gasteiger partial charge in [0, 0.05) is 5.56 Å². The molecule has 1 aromatic rings. The Kier molecular flexibility index (Phi) is 3.83. The molecule has 4 heteroatoms. The van der Waals surface area contributed by atoms with Gasteiger partial charge in [0.25, 0.3) is 0 Å². The molecule has 0 radical (unpaired) electrons. The maximum atomic E-state index is 10.9. The van der Waals surface area contributed by atoms with E-state index in [9.17, 15) is 5.11 Å². The summed E-state index contributed by atoms with van der Waals surface area (Å²) in [7, 11) is 0. The van der Waals surface area contributed by atoms with Crippen molar-refractivity contribution in [1.82, 2.24) is 5.43 Å². The Balaban J connectivity index is 2.12. The van der Waals surface area contributed by atoms with Gasteiger partial charge in [0.2, 0.25) is 0 Å². The van der Waals surface area contributed by atoms with Crippen molar-refractivity contribution < 1.29 is 5.11 Å². The standard InChI is InChI=1S/C20H27N3O/c1-19(2,3)13-11-14(20(4,5)6)18(24)17(12-13)23-21-15-9-7-8-10-16(15)22-23/h7-12,15,21,24H,1-6H3. The van der Waals surface area contributed by atoms with E-state index < -0.39 is 0 Å². The topological polar surface area (TPSA) is 47.9 Å². The minimum absolute atomic E-state index is 0.0120. The van der Waals surface area contributed by atoms with Gasteiger partial charge >= 0.3 is 0 Å². The number of aromatic hydroxyl groups is 1. The number of hydrazine groups is 1. The molecular formula is C20H27N3O. The normalized spacial score (nSPS) is 20.3. The van der Waals surface area contributed by atoms with Gasteiger partial charge in [0.05, 0.1) is 11.8 Å². The fraction of sp³-hybridized carbons (Fsp3) is 0.450. The smallest absolute Gasteiger partial charge is 0.146 e.